The van der Waals surface area contributed by atoms with E-state index in [9.17, 15) is 5.11 Å². The summed E-state index contributed by atoms with van der Waals surface area (Å²) in [6.45, 7) is 1.80. The monoisotopic (exact) mass is 233 g/mol. The number of aliphatic hydroxyl groups excluding tert-OH is 1. The third kappa shape index (κ3) is 3.15. The molecule has 0 fully saturated rings. The number of rotatable bonds is 4. The van der Waals surface area contributed by atoms with Crippen LogP contribution in [0.4, 0.5) is 0 Å². The van der Waals surface area contributed by atoms with Gasteiger partial charge in [-0.1, -0.05) is 30.3 Å². The van der Waals surface area contributed by atoms with Gasteiger partial charge in [0, 0.05) is 23.9 Å². The largest absolute Gasteiger partial charge is 0.393 e. The van der Waals surface area contributed by atoms with Gasteiger partial charge in [-0.05, 0) is 12.5 Å². The SMILES string of the molecule is CC(O)Cc1cnc(Cc2ccccc2)s1. The van der Waals surface area contributed by atoms with Crippen LogP contribution in [-0.2, 0) is 12.8 Å². The molecule has 0 radical (unpaired) electrons. The van der Waals surface area contributed by atoms with Crippen LogP contribution < -0.4 is 0 Å². The highest BCUT2D eigenvalue weighted by Crippen LogP contribution is 2.18. The quantitative estimate of drug-likeness (QED) is 0.880. The topological polar surface area (TPSA) is 33.1 Å². The number of aromatic nitrogens is 1. The lowest BCUT2D eigenvalue weighted by molar-refractivity contribution is 0.196. The molecule has 84 valence electrons. The minimum absolute atomic E-state index is 0.287. The summed E-state index contributed by atoms with van der Waals surface area (Å²) in [6.07, 6.45) is 3.16. The van der Waals surface area contributed by atoms with Crippen molar-refractivity contribution in [1.29, 1.82) is 0 Å². The highest BCUT2D eigenvalue weighted by atomic mass is 32.1. The Morgan fingerprint density at radius 1 is 1.31 bits per heavy atom. The Morgan fingerprint density at radius 3 is 2.75 bits per heavy atom. The fraction of sp³-hybridized carbons (Fsp3) is 0.308. The van der Waals surface area contributed by atoms with E-state index in [2.05, 4.69) is 17.1 Å². The molecule has 3 heteroatoms. The lowest BCUT2D eigenvalue weighted by atomic mass is 10.2. The molecule has 2 nitrogen and oxygen atoms in total. The fourth-order valence-corrected chi connectivity index (χ4v) is 2.66. The van der Waals surface area contributed by atoms with Crippen molar-refractivity contribution in [3.63, 3.8) is 0 Å². The summed E-state index contributed by atoms with van der Waals surface area (Å²) in [7, 11) is 0. The Bertz CT molecular complexity index is 436. The molecule has 0 aliphatic heterocycles. The molecule has 0 amide bonds. The summed E-state index contributed by atoms with van der Waals surface area (Å²) in [6, 6.07) is 10.3. The summed E-state index contributed by atoms with van der Waals surface area (Å²) < 4.78 is 0. The van der Waals surface area contributed by atoms with Crippen molar-refractivity contribution in [2.45, 2.75) is 25.9 Å². The number of benzene rings is 1. The van der Waals surface area contributed by atoms with Crippen LogP contribution in [0.2, 0.25) is 0 Å². The highest BCUT2D eigenvalue weighted by molar-refractivity contribution is 7.11. The first-order chi connectivity index (χ1) is 7.74. The molecule has 1 heterocycles. The summed E-state index contributed by atoms with van der Waals surface area (Å²) >= 11 is 1.68. The zero-order chi connectivity index (χ0) is 11.4. The first kappa shape index (κ1) is 11.3. The standard InChI is InChI=1S/C13H15NOS/c1-10(15)7-12-9-14-13(16-12)8-11-5-3-2-4-6-11/h2-6,9-10,15H,7-8H2,1H3. The van der Waals surface area contributed by atoms with Gasteiger partial charge in [-0.25, -0.2) is 4.98 Å². The van der Waals surface area contributed by atoms with Gasteiger partial charge in [0.15, 0.2) is 0 Å². The summed E-state index contributed by atoms with van der Waals surface area (Å²) in [4.78, 5) is 5.53. The third-order valence-electron chi connectivity index (χ3n) is 2.30. The van der Waals surface area contributed by atoms with E-state index in [0.717, 1.165) is 16.3 Å². The Morgan fingerprint density at radius 2 is 2.06 bits per heavy atom. The van der Waals surface area contributed by atoms with E-state index < -0.39 is 0 Å². The van der Waals surface area contributed by atoms with Crippen LogP contribution in [0.15, 0.2) is 36.5 Å². The first-order valence-corrected chi connectivity index (χ1v) is 6.21. The molecule has 0 aliphatic carbocycles. The molecule has 16 heavy (non-hydrogen) atoms. The minimum Gasteiger partial charge on any atom is -0.393 e. The molecule has 0 saturated carbocycles. The predicted molar refractivity (Wildman–Crippen MR) is 66.7 cm³/mol. The van der Waals surface area contributed by atoms with Gasteiger partial charge in [0.2, 0.25) is 0 Å². The van der Waals surface area contributed by atoms with E-state index in [1.54, 1.807) is 18.3 Å². The fourth-order valence-electron chi connectivity index (χ4n) is 1.59. The molecule has 0 saturated heterocycles. The van der Waals surface area contributed by atoms with Crippen molar-refractivity contribution in [1.82, 2.24) is 4.98 Å². The number of thiazole rings is 1. The molecular weight excluding hydrogens is 218 g/mol. The molecule has 0 spiro atoms. The van der Waals surface area contributed by atoms with Gasteiger partial charge in [0.1, 0.15) is 0 Å². The molecule has 2 aromatic rings. The van der Waals surface area contributed by atoms with Crippen molar-refractivity contribution < 1.29 is 5.11 Å². The average molecular weight is 233 g/mol. The van der Waals surface area contributed by atoms with Gasteiger partial charge in [-0.3, -0.25) is 0 Å². The van der Waals surface area contributed by atoms with Crippen molar-refractivity contribution in [2.24, 2.45) is 0 Å². The highest BCUT2D eigenvalue weighted by Gasteiger charge is 2.05. The van der Waals surface area contributed by atoms with Crippen molar-refractivity contribution in [3.8, 4) is 0 Å². The van der Waals surface area contributed by atoms with Crippen LogP contribution in [0.1, 0.15) is 22.4 Å². The van der Waals surface area contributed by atoms with E-state index in [4.69, 9.17) is 0 Å². The van der Waals surface area contributed by atoms with E-state index in [-0.39, 0.29) is 6.10 Å². The van der Waals surface area contributed by atoms with Crippen LogP contribution in [0.25, 0.3) is 0 Å². The molecule has 0 aliphatic rings. The molecular formula is C13H15NOS. The van der Waals surface area contributed by atoms with E-state index in [0.29, 0.717) is 6.42 Å². The number of nitrogens with zero attached hydrogens (tertiary/aromatic N) is 1. The van der Waals surface area contributed by atoms with Crippen LogP contribution in [0, 0.1) is 0 Å². The second-order valence-corrected chi connectivity index (χ2v) is 5.14. The zero-order valence-electron chi connectivity index (χ0n) is 9.26. The number of aliphatic hydroxyl groups is 1. The van der Waals surface area contributed by atoms with Gasteiger partial charge < -0.3 is 5.11 Å². The first-order valence-electron chi connectivity index (χ1n) is 5.39. The van der Waals surface area contributed by atoms with Gasteiger partial charge in [-0.15, -0.1) is 11.3 Å². The smallest absolute Gasteiger partial charge is 0.0971 e. The second kappa shape index (κ2) is 5.23. The maximum Gasteiger partial charge on any atom is 0.0971 e. The zero-order valence-corrected chi connectivity index (χ0v) is 10.1. The van der Waals surface area contributed by atoms with Gasteiger partial charge >= 0.3 is 0 Å². The molecule has 2 rings (SSSR count). The molecule has 1 atom stereocenters. The molecule has 1 N–H and O–H groups in total. The van der Waals surface area contributed by atoms with Crippen LogP contribution in [0.3, 0.4) is 0 Å². The Hall–Kier alpha value is -1.19. The Kier molecular flexibility index (Phi) is 3.70. The average Bonchev–Trinajstić information content (AvgIpc) is 2.66. The summed E-state index contributed by atoms with van der Waals surface area (Å²) in [5, 5.41) is 10.4. The molecule has 1 unspecified atom stereocenters. The van der Waals surface area contributed by atoms with E-state index in [1.807, 2.05) is 24.4 Å². The maximum atomic E-state index is 9.28. The second-order valence-electron chi connectivity index (χ2n) is 3.94. The lowest BCUT2D eigenvalue weighted by Crippen LogP contribution is -2.01. The Balaban J connectivity index is 2.03. The van der Waals surface area contributed by atoms with Gasteiger partial charge in [0.25, 0.3) is 0 Å². The van der Waals surface area contributed by atoms with Crippen molar-refractivity contribution in [3.05, 3.63) is 52.0 Å². The van der Waals surface area contributed by atoms with Crippen LogP contribution in [0.5, 0.6) is 0 Å². The van der Waals surface area contributed by atoms with E-state index >= 15 is 0 Å². The van der Waals surface area contributed by atoms with Crippen molar-refractivity contribution in [2.75, 3.05) is 0 Å². The normalized spacial score (nSPS) is 12.6. The number of hydrogen-bond acceptors (Lipinski definition) is 3. The van der Waals surface area contributed by atoms with Gasteiger partial charge in [0.05, 0.1) is 11.1 Å². The molecule has 1 aromatic carbocycles. The Labute approximate surface area is 99.6 Å². The van der Waals surface area contributed by atoms with Crippen molar-refractivity contribution >= 4 is 11.3 Å². The van der Waals surface area contributed by atoms with Crippen LogP contribution in [-0.4, -0.2) is 16.2 Å². The van der Waals surface area contributed by atoms with Crippen LogP contribution >= 0.6 is 11.3 Å². The summed E-state index contributed by atoms with van der Waals surface area (Å²) in [5.74, 6) is 0. The maximum absolute atomic E-state index is 9.28. The molecule has 0 bridgehead atoms. The number of hydrogen-bond donors (Lipinski definition) is 1. The third-order valence-corrected chi connectivity index (χ3v) is 3.32. The van der Waals surface area contributed by atoms with Gasteiger partial charge in [-0.2, -0.15) is 0 Å². The predicted octanol–water partition coefficient (Wildman–Crippen LogP) is 2.66. The van der Waals surface area contributed by atoms with E-state index in [1.165, 1.54) is 5.56 Å². The summed E-state index contributed by atoms with van der Waals surface area (Å²) in [5.41, 5.74) is 1.28. The minimum atomic E-state index is -0.287. The molecule has 1 aromatic heterocycles. The lowest BCUT2D eigenvalue weighted by Gasteiger charge is -1.98.